The minimum Gasteiger partial charge on any atom is -0.379 e. The summed E-state index contributed by atoms with van der Waals surface area (Å²) in [6.45, 7) is 8.49. The van der Waals surface area contributed by atoms with Gasteiger partial charge >= 0.3 is 0 Å². The lowest BCUT2D eigenvalue weighted by Crippen LogP contribution is -2.54. The van der Waals surface area contributed by atoms with Crippen LogP contribution in [0.4, 0.5) is 0 Å². The normalized spacial score (nSPS) is 21.4. The molecule has 0 aromatic heterocycles. The average Bonchev–Trinajstić information content (AvgIpc) is 2.74. The van der Waals surface area contributed by atoms with Crippen LogP contribution in [0.2, 0.25) is 0 Å². The second-order valence-corrected chi connectivity index (χ2v) is 7.88. The molecule has 0 N–H and O–H groups in total. The highest BCUT2D eigenvalue weighted by molar-refractivity contribution is 5.79. The maximum atomic E-state index is 12.7. The van der Waals surface area contributed by atoms with E-state index in [1.165, 1.54) is 11.1 Å². The SMILES string of the molecule is O=C(CN1CCOCC1)N1CCN(CC(=O)N2CCc3ccccc3C2)CC1. The van der Waals surface area contributed by atoms with Crippen LogP contribution >= 0.6 is 0 Å². The van der Waals surface area contributed by atoms with E-state index in [2.05, 4.69) is 28.0 Å². The van der Waals surface area contributed by atoms with Gasteiger partial charge in [-0.1, -0.05) is 24.3 Å². The molecule has 152 valence electrons. The molecule has 4 rings (SSSR count). The van der Waals surface area contributed by atoms with Crippen molar-refractivity contribution in [2.45, 2.75) is 13.0 Å². The van der Waals surface area contributed by atoms with Crippen LogP contribution in [0.25, 0.3) is 0 Å². The Morgan fingerprint density at radius 2 is 1.36 bits per heavy atom. The Hall–Kier alpha value is -1.96. The summed E-state index contributed by atoms with van der Waals surface area (Å²) in [5, 5.41) is 0. The molecule has 0 aliphatic carbocycles. The van der Waals surface area contributed by atoms with Gasteiger partial charge in [0.15, 0.2) is 0 Å². The molecule has 2 fully saturated rings. The first-order valence-electron chi connectivity index (χ1n) is 10.3. The lowest BCUT2D eigenvalue weighted by molar-refractivity contribution is -0.136. The van der Waals surface area contributed by atoms with Gasteiger partial charge in [0, 0.05) is 52.4 Å². The highest BCUT2D eigenvalue weighted by atomic mass is 16.5. The molecule has 3 heterocycles. The molecule has 1 aromatic rings. The predicted octanol–water partition coefficient (Wildman–Crippen LogP) is 0.0477. The fraction of sp³-hybridized carbons (Fsp3) is 0.619. The van der Waals surface area contributed by atoms with Gasteiger partial charge in [0.25, 0.3) is 0 Å². The van der Waals surface area contributed by atoms with Gasteiger partial charge in [-0.2, -0.15) is 0 Å². The number of amides is 2. The minimum absolute atomic E-state index is 0.195. The van der Waals surface area contributed by atoms with Crippen molar-refractivity contribution < 1.29 is 14.3 Å². The van der Waals surface area contributed by atoms with Crippen LogP contribution in [0.15, 0.2) is 24.3 Å². The molecule has 0 unspecified atom stereocenters. The number of piperazine rings is 1. The molecule has 0 saturated carbocycles. The predicted molar refractivity (Wildman–Crippen MR) is 106 cm³/mol. The molecule has 3 aliphatic heterocycles. The number of benzene rings is 1. The third-order valence-electron chi connectivity index (χ3n) is 6.03. The van der Waals surface area contributed by atoms with Crippen LogP contribution in [-0.4, -0.2) is 104 Å². The molecule has 2 saturated heterocycles. The van der Waals surface area contributed by atoms with Crippen molar-refractivity contribution in [1.29, 1.82) is 0 Å². The molecule has 3 aliphatic rings. The Morgan fingerprint density at radius 3 is 2.07 bits per heavy atom. The zero-order valence-corrected chi connectivity index (χ0v) is 16.5. The van der Waals surface area contributed by atoms with Crippen LogP contribution in [0.5, 0.6) is 0 Å². The lowest BCUT2D eigenvalue weighted by atomic mass is 10.00. The van der Waals surface area contributed by atoms with Crippen molar-refractivity contribution in [3.05, 3.63) is 35.4 Å². The summed E-state index contributed by atoms with van der Waals surface area (Å²) in [5.74, 6) is 0.392. The number of rotatable bonds is 4. The number of ether oxygens (including phenoxy) is 1. The van der Waals surface area contributed by atoms with Crippen molar-refractivity contribution in [3.63, 3.8) is 0 Å². The summed E-state index contributed by atoms with van der Waals surface area (Å²) in [7, 11) is 0. The standard InChI is InChI=1S/C21H30N4O3/c26-20(16-23-11-13-28-14-12-23)24-9-7-22(8-10-24)17-21(27)25-6-5-18-3-1-2-4-19(18)15-25/h1-4H,5-17H2. The Morgan fingerprint density at radius 1 is 0.750 bits per heavy atom. The summed E-state index contributed by atoms with van der Waals surface area (Å²) >= 11 is 0. The molecule has 7 nitrogen and oxygen atoms in total. The van der Waals surface area contributed by atoms with Gasteiger partial charge in [-0.15, -0.1) is 0 Å². The zero-order valence-electron chi connectivity index (χ0n) is 16.5. The smallest absolute Gasteiger partial charge is 0.237 e. The first kappa shape index (κ1) is 19.4. The fourth-order valence-electron chi connectivity index (χ4n) is 4.21. The highest BCUT2D eigenvalue weighted by Crippen LogP contribution is 2.18. The minimum atomic E-state index is 0.195. The Labute approximate surface area is 166 Å². The van der Waals surface area contributed by atoms with Crippen molar-refractivity contribution in [2.24, 2.45) is 0 Å². The first-order valence-corrected chi connectivity index (χ1v) is 10.3. The molecular formula is C21H30N4O3. The third kappa shape index (κ3) is 4.71. The second-order valence-electron chi connectivity index (χ2n) is 7.88. The summed E-state index contributed by atoms with van der Waals surface area (Å²) in [6.07, 6.45) is 0.936. The number of morpholine rings is 1. The number of carbonyl (C=O) groups is 2. The van der Waals surface area contributed by atoms with E-state index >= 15 is 0 Å². The van der Waals surface area contributed by atoms with Gasteiger partial charge in [-0.3, -0.25) is 19.4 Å². The molecule has 0 atom stereocenters. The largest absolute Gasteiger partial charge is 0.379 e. The second kappa shape index (κ2) is 9.03. The van der Waals surface area contributed by atoms with E-state index < -0.39 is 0 Å². The topological polar surface area (TPSA) is 56.3 Å². The molecular weight excluding hydrogens is 356 g/mol. The van der Waals surface area contributed by atoms with Crippen LogP contribution < -0.4 is 0 Å². The quantitative estimate of drug-likeness (QED) is 0.732. The first-order chi connectivity index (χ1) is 13.7. The molecule has 1 aromatic carbocycles. The van der Waals surface area contributed by atoms with Gasteiger partial charge < -0.3 is 14.5 Å². The van der Waals surface area contributed by atoms with Gasteiger partial charge in [0.05, 0.1) is 26.3 Å². The van der Waals surface area contributed by atoms with E-state index in [1.807, 2.05) is 15.9 Å². The lowest BCUT2D eigenvalue weighted by Gasteiger charge is -2.37. The summed E-state index contributed by atoms with van der Waals surface area (Å²) in [5.41, 5.74) is 2.62. The molecule has 7 heteroatoms. The van der Waals surface area contributed by atoms with E-state index in [4.69, 9.17) is 4.74 Å². The summed E-state index contributed by atoms with van der Waals surface area (Å²) in [4.78, 5) is 33.5. The molecule has 2 amide bonds. The Kier molecular flexibility index (Phi) is 6.24. The van der Waals surface area contributed by atoms with Gasteiger partial charge in [0.1, 0.15) is 0 Å². The molecule has 0 radical (unpaired) electrons. The van der Waals surface area contributed by atoms with Crippen molar-refractivity contribution in [3.8, 4) is 0 Å². The summed E-state index contributed by atoms with van der Waals surface area (Å²) in [6, 6.07) is 8.38. The van der Waals surface area contributed by atoms with Crippen molar-refractivity contribution in [2.75, 3.05) is 72.1 Å². The highest BCUT2D eigenvalue weighted by Gasteiger charge is 2.26. The van der Waals surface area contributed by atoms with Crippen molar-refractivity contribution in [1.82, 2.24) is 19.6 Å². The van der Waals surface area contributed by atoms with Crippen LogP contribution in [0.1, 0.15) is 11.1 Å². The van der Waals surface area contributed by atoms with Crippen molar-refractivity contribution >= 4 is 11.8 Å². The number of carbonyl (C=O) groups excluding carboxylic acids is 2. The molecule has 28 heavy (non-hydrogen) atoms. The van der Waals surface area contributed by atoms with Gasteiger partial charge in [-0.25, -0.2) is 0 Å². The molecule has 0 spiro atoms. The van der Waals surface area contributed by atoms with Crippen LogP contribution in [-0.2, 0) is 27.3 Å². The van der Waals surface area contributed by atoms with Crippen LogP contribution in [0.3, 0.4) is 0 Å². The average molecular weight is 386 g/mol. The molecule has 0 bridgehead atoms. The third-order valence-corrected chi connectivity index (χ3v) is 6.03. The Balaban J connectivity index is 1.21. The number of hydrogen-bond acceptors (Lipinski definition) is 5. The van der Waals surface area contributed by atoms with E-state index in [9.17, 15) is 9.59 Å². The zero-order chi connectivity index (χ0) is 19.3. The number of nitrogens with zero attached hydrogens (tertiary/aromatic N) is 4. The van der Waals surface area contributed by atoms with Gasteiger partial charge in [-0.05, 0) is 17.5 Å². The van der Waals surface area contributed by atoms with Crippen LogP contribution in [0, 0.1) is 0 Å². The maximum Gasteiger partial charge on any atom is 0.237 e. The van der Waals surface area contributed by atoms with E-state index in [1.54, 1.807) is 0 Å². The summed E-state index contributed by atoms with van der Waals surface area (Å²) < 4.78 is 5.34. The van der Waals surface area contributed by atoms with Gasteiger partial charge in [0.2, 0.25) is 11.8 Å². The monoisotopic (exact) mass is 386 g/mol. The van der Waals surface area contributed by atoms with E-state index in [0.717, 1.165) is 39.1 Å². The number of hydrogen-bond donors (Lipinski definition) is 0. The Bertz CT molecular complexity index is 697. The number of fused-ring (bicyclic) bond motifs is 1. The van der Waals surface area contributed by atoms with E-state index in [0.29, 0.717) is 45.9 Å². The van der Waals surface area contributed by atoms with E-state index in [-0.39, 0.29) is 11.8 Å². The fourth-order valence-corrected chi connectivity index (χ4v) is 4.21. The maximum absolute atomic E-state index is 12.7.